The summed E-state index contributed by atoms with van der Waals surface area (Å²) in [6.07, 6.45) is 2.04. The quantitative estimate of drug-likeness (QED) is 0.648. The Bertz CT molecular complexity index is 782. The molecule has 0 radical (unpaired) electrons. The van der Waals surface area contributed by atoms with Crippen molar-refractivity contribution in [2.75, 3.05) is 6.61 Å². The summed E-state index contributed by atoms with van der Waals surface area (Å²) in [7, 11) is 0. The summed E-state index contributed by atoms with van der Waals surface area (Å²) in [4.78, 5) is 0. The maximum absolute atomic E-state index is 13.3. The van der Waals surface area contributed by atoms with E-state index in [1.54, 1.807) is 6.07 Å². The van der Waals surface area contributed by atoms with Crippen LogP contribution >= 0.6 is 15.9 Å². The SMILES string of the molecule is CCOc1ccc2c(ccn2Cc2ccc(F)c(Br)c2)c1. The summed E-state index contributed by atoms with van der Waals surface area (Å²) in [6, 6.07) is 13.2. The molecule has 1 aromatic heterocycles. The van der Waals surface area contributed by atoms with E-state index in [2.05, 4.69) is 32.6 Å². The van der Waals surface area contributed by atoms with Gasteiger partial charge in [-0.15, -0.1) is 0 Å². The number of halogens is 2. The van der Waals surface area contributed by atoms with Crippen molar-refractivity contribution in [2.24, 2.45) is 0 Å². The lowest BCUT2D eigenvalue weighted by molar-refractivity contribution is 0.340. The molecule has 0 saturated carbocycles. The predicted octanol–water partition coefficient (Wildman–Crippen LogP) is 4.99. The molecule has 0 spiro atoms. The van der Waals surface area contributed by atoms with Crippen molar-refractivity contribution in [3.8, 4) is 5.75 Å². The van der Waals surface area contributed by atoms with E-state index in [-0.39, 0.29) is 5.82 Å². The average molecular weight is 348 g/mol. The van der Waals surface area contributed by atoms with Gasteiger partial charge < -0.3 is 9.30 Å². The Morgan fingerprint density at radius 3 is 2.76 bits per heavy atom. The zero-order valence-corrected chi connectivity index (χ0v) is 13.2. The molecule has 0 unspecified atom stereocenters. The second-order valence-electron chi connectivity index (χ2n) is 4.85. The smallest absolute Gasteiger partial charge is 0.137 e. The minimum absolute atomic E-state index is 0.238. The predicted molar refractivity (Wildman–Crippen MR) is 86.3 cm³/mol. The standard InChI is InChI=1S/C17H15BrFNO/c1-2-21-14-4-6-17-13(10-14)7-8-20(17)11-12-3-5-16(19)15(18)9-12/h3-10H,2,11H2,1H3. The number of aromatic nitrogens is 1. The molecule has 4 heteroatoms. The zero-order chi connectivity index (χ0) is 14.8. The molecule has 3 aromatic rings. The highest BCUT2D eigenvalue weighted by molar-refractivity contribution is 9.10. The number of fused-ring (bicyclic) bond motifs is 1. The third kappa shape index (κ3) is 2.95. The van der Waals surface area contributed by atoms with Gasteiger partial charge in [-0.2, -0.15) is 0 Å². The van der Waals surface area contributed by atoms with Crippen molar-refractivity contribution in [3.63, 3.8) is 0 Å². The van der Waals surface area contributed by atoms with Gasteiger partial charge in [0.15, 0.2) is 0 Å². The van der Waals surface area contributed by atoms with Crippen molar-refractivity contribution < 1.29 is 9.13 Å². The van der Waals surface area contributed by atoms with Gasteiger partial charge in [0.25, 0.3) is 0 Å². The van der Waals surface area contributed by atoms with Crippen LogP contribution in [0.2, 0.25) is 0 Å². The van der Waals surface area contributed by atoms with Gasteiger partial charge in [-0.3, -0.25) is 0 Å². The fraction of sp³-hybridized carbons (Fsp3) is 0.176. The van der Waals surface area contributed by atoms with Crippen LogP contribution in [0.3, 0.4) is 0 Å². The van der Waals surface area contributed by atoms with Gasteiger partial charge in [0, 0.05) is 23.6 Å². The Balaban J connectivity index is 1.91. The van der Waals surface area contributed by atoms with Crippen molar-refractivity contribution in [1.29, 1.82) is 0 Å². The Morgan fingerprint density at radius 1 is 1.14 bits per heavy atom. The molecule has 0 aliphatic carbocycles. The third-order valence-electron chi connectivity index (χ3n) is 3.39. The second kappa shape index (κ2) is 5.90. The van der Waals surface area contributed by atoms with Crippen LogP contribution in [-0.4, -0.2) is 11.2 Å². The number of benzene rings is 2. The highest BCUT2D eigenvalue weighted by Crippen LogP contribution is 2.24. The number of rotatable bonds is 4. The first-order chi connectivity index (χ1) is 10.2. The first-order valence-corrected chi connectivity index (χ1v) is 7.62. The lowest BCUT2D eigenvalue weighted by Gasteiger charge is -2.08. The van der Waals surface area contributed by atoms with Gasteiger partial charge in [0.05, 0.1) is 11.1 Å². The van der Waals surface area contributed by atoms with Crippen molar-refractivity contribution in [3.05, 3.63) is 64.5 Å². The summed E-state index contributed by atoms with van der Waals surface area (Å²) in [5.41, 5.74) is 2.19. The van der Waals surface area contributed by atoms with E-state index in [9.17, 15) is 4.39 Å². The minimum atomic E-state index is -0.238. The Morgan fingerprint density at radius 2 is 2.00 bits per heavy atom. The molecule has 0 amide bonds. The molecule has 21 heavy (non-hydrogen) atoms. The van der Waals surface area contributed by atoms with Gasteiger partial charge in [0.2, 0.25) is 0 Å². The molecule has 0 N–H and O–H groups in total. The summed E-state index contributed by atoms with van der Waals surface area (Å²) in [6.45, 7) is 3.34. The van der Waals surface area contributed by atoms with Crippen LogP contribution in [0.15, 0.2) is 53.1 Å². The van der Waals surface area contributed by atoms with Crippen LogP contribution in [0.25, 0.3) is 10.9 Å². The summed E-state index contributed by atoms with van der Waals surface area (Å²) in [5, 5.41) is 1.14. The molecule has 0 atom stereocenters. The largest absolute Gasteiger partial charge is 0.494 e. The fourth-order valence-corrected chi connectivity index (χ4v) is 2.83. The van der Waals surface area contributed by atoms with Gasteiger partial charge >= 0.3 is 0 Å². The molecule has 2 nitrogen and oxygen atoms in total. The van der Waals surface area contributed by atoms with Crippen molar-refractivity contribution in [2.45, 2.75) is 13.5 Å². The number of ether oxygens (including phenoxy) is 1. The summed E-state index contributed by atoms with van der Waals surface area (Å²) in [5.74, 6) is 0.643. The Hall–Kier alpha value is -1.81. The average Bonchev–Trinajstić information content (AvgIpc) is 2.86. The van der Waals surface area contributed by atoms with Crippen molar-refractivity contribution >= 4 is 26.8 Å². The van der Waals surface area contributed by atoms with E-state index in [0.29, 0.717) is 17.6 Å². The molecular weight excluding hydrogens is 333 g/mol. The van der Waals surface area contributed by atoms with E-state index in [1.807, 2.05) is 31.3 Å². The second-order valence-corrected chi connectivity index (χ2v) is 5.70. The fourth-order valence-electron chi connectivity index (χ4n) is 2.41. The molecule has 1 heterocycles. The van der Waals surface area contributed by atoms with Crippen LogP contribution in [0.5, 0.6) is 5.75 Å². The maximum Gasteiger partial charge on any atom is 0.137 e. The Labute approximate surface area is 131 Å². The highest BCUT2D eigenvalue weighted by Gasteiger charge is 2.05. The Kier molecular flexibility index (Phi) is 3.97. The van der Waals surface area contributed by atoms with Crippen LogP contribution in [0.4, 0.5) is 4.39 Å². The van der Waals surface area contributed by atoms with Crippen LogP contribution in [0.1, 0.15) is 12.5 Å². The van der Waals surface area contributed by atoms with Gasteiger partial charge in [-0.25, -0.2) is 4.39 Å². The summed E-state index contributed by atoms with van der Waals surface area (Å²) < 4.78 is 21.4. The van der Waals surface area contributed by atoms with E-state index in [4.69, 9.17) is 4.74 Å². The van der Waals surface area contributed by atoms with Crippen LogP contribution < -0.4 is 4.74 Å². The minimum Gasteiger partial charge on any atom is -0.494 e. The lowest BCUT2D eigenvalue weighted by atomic mass is 10.2. The van der Waals surface area contributed by atoms with Crippen LogP contribution in [-0.2, 0) is 6.54 Å². The monoisotopic (exact) mass is 347 g/mol. The summed E-state index contributed by atoms with van der Waals surface area (Å²) >= 11 is 3.23. The van der Waals surface area contributed by atoms with Gasteiger partial charge in [-0.05, 0) is 64.8 Å². The van der Waals surface area contributed by atoms with Crippen molar-refractivity contribution in [1.82, 2.24) is 4.57 Å². The maximum atomic E-state index is 13.3. The van der Waals surface area contributed by atoms with Crippen LogP contribution in [0, 0.1) is 5.82 Å². The molecule has 0 saturated heterocycles. The van der Waals surface area contributed by atoms with Gasteiger partial charge in [-0.1, -0.05) is 6.07 Å². The number of nitrogens with zero attached hydrogens (tertiary/aromatic N) is 1. The number of hydrogen-bond acceptors (Lipinski definition) is 1. The number of hydrogen-bond donors (Lipinski definition) is 0. The van der Waals surface area contributed by atoms with E-state index in [1.165, 1.54) is 6.07 Å². The topological polar surface area (TPSA) is 14.2 Å². The molecule has 0 fully saturated rings. The third-order valence-corrected chi connectivity index (χ3v) is 4.00. The molecule has 0 aliphatic rings. The highest BCUT2D eigenvalue weighted by atomic mass is 79.9. The molecule has 0 bridgehead atoms. The lowest BCUT2D eigenvalue weighted by Crippen LogP contribution is -1.98. The zero-order valence-electron chi connectivity index (χ0n) is 11.6. The first-order valence-electron chi connectivity index (χ1n) is 6.83. The molecule has 108 valence electrons. The van der Waals surface area contributed by atoms with E-state index in [0.717, 1.165) is 22.2 Å². The van der Waals surface area contributed by atoms with E-state index >= 15 is 0 Å². The van der Waals surface area contributed by atoms with E-state index < -0.39 is 0 Å². The molecule has 2 aromatic carbocycles. The normalized spacial score (nSPS) is 11.0. The first kappa shape index (κ1) is 14.1. The molecule has 3 rings (SSSR count). The van der Waals surface area contributed by atoms with Gasteiger partial charge in [0.1, 0.15) is 11.6 Å². The molecule has 0 aliphatic heterocycles. The molecular formula is C17H15BrFNO.